The van der Waals surface area contributed by atoms with Crippen LogP contribution < -0.4 is 10.1 Å². The minimum Gasteiger partial charge on any atom is -0.484 e. The van der Waals surface area contributed by atoms with Gasteiger partial charge in [-0.2, -0.15) is 0 Å². The number of amides is 2. The first-order valence-corrected chi connectivity index (χ1v) is 12.5. The van der Waals surface area contributed by atoms with Gasteiger partial charge in [0.15, 0.2) is 6.61 Å². The highest BCUT2D eigenvalue weighted by atomic mass is 35.5. The van der Waals surface area contributed by atoms with Crippen molar-refractivity contribution >= 4 is 23.4 Å². The maximum absolute atomic E-state index is 13.6. The van der Waals surface area contributed by atoms with Crippen molar-refractivity contribution in [2.45, 2.75) is 59.2 Å². The molecule has 6 heteroatoms. The van der Waals surface area contributed by atoms with Gasteiger partial charge in [-0.05, 0) is 81.1 Å². The number of ether oxygens (including phenoxy) is 1. The molecule has 0 aliphatic heterocycles. The predicted molar refractivity (Wildman–Crippen MR) is 145 cm³/mol. The van der Waals surface area contributed by atoms with E-state index in [0.29, 0.717) is 17.2 Å². The molecule has 0 bridgehead atoms. The fourth-order valence-corrected chi connectivity index (χ4v) is 4.08. The Kier molecular flexibility index (Phi) is 9.16. The van der Waals surface area contributed by atoms with Crippen LogP contribution in [0.5, 0.6) is 5.75 Å². The van der Waals surface area contributed by atoms with Gasteiger partial charge >= 0.3 is 0 Å². The molecule has 0 radical (unpaired) electrons. The van der Waals surface area contributed by atoms with E-state index in [9.17, 15) is 9.59 Å². The minimum atomic E-state index is -0.735. The molecule has 3 rings (SSSR count). The fraction of sp³-hybridized carbons (Fsp3) is 0.333. The van der Waals surface area contributed by atoms with Gasteiger partial charge in [0.2, 0.25) is 5.91 Å². The monoisotopic (exact) mass is 506 g/mol. The van der Waals surface area contributed by atoms with Crippen molar-refractivity contribution in [3.8, 4) is 5.75 Å². The molecule has 0 heterocycles. The number of carbonyl (C=O) groups excluding carboxylic acids is 2. The zero-order chi connectivity index (χ0) is 26.3. The zero-order valence-corrected chi connectivity index (χ0v) is 22.4. The van der Waals surface area contributed by atoms with E-state index in [-0.39, 0.29) is 25.0 Å². The summed E-state index contributed by atoms with van der Waals surface area (Å²) in [7, 11) is 0. The number of nitrogens with one attached hydrogen (secondary N) is 1. The lowest BCUT2D eigenvalue weighted by Crippen LogP contribution is -2.55. The fourth-order valence-electron chi connectivity index (χ4n) is 3.87. The van der Waals surface area contributed by atoms with E-state index in [2.05, 4.69) is 5.32 Å². The summed E-state index contributed by atoms with van der Waals surface area (Å²) < 4.78 is 5.88. The van der Waals surface area contributed by atoms with Gasteiger partial charge in [-0.15, -0.1) is 0 Å². The molecule has 0 aliphatic carbocycles. The highest BCUT2D eigenvalue weighted by molar-refractivity contribution is 6.30. The van der Waals surface area contributed by atoms with Gasteiger partial charge in [0, 0.05) is 23.5 Å². The van der Waals surface area contributed by atoms with Gasteiger partial charge in [-0.1, -0.05) is 60.1 Å². The largest absolute Gasteiger partial charge is 0.484 e. The van der Waals surface area contributed by atoms with Crippen LogP contribution in [0, 0.1) is 13.8 Å². The maximum atomic E-state index is 13.6. The Morgan fingerprint density at radius 1 is 0.917 bits per heavy atom. The van der Waals surface area contributed by atoms with E-state index in [1.54, 1.807) is 11.0 Å². The van der Waals surface area contributed by atoms with Crippen molar-refractivity contribution in [3.63, 3.8) is 0 Å². The molecular weight excluding hydrogens is 472 g/mol. The van der Waals surface area contributed by atoms with Crippen molar-refractivity contribution < 1.29 is 14.3 Å². The van der Waals surface area contributed by atoms with Crippen LogP contribution in [0.2, 0.25) is 5.02 Å². The lowest BCUT2D eigenvalue weighted by Gasteiger charge is -2.33. The van der Waals surface area contributed by atoms with E-state index in [1.807, 2.05) is 101 Å². The number of nitrogens with zero attached hydrogens (tertiary/aromatic N) is 1. The Hall–Kier alpha value is -3.31. The van der Waals surface area contributed by atoms with Gasteiger partial charge in [0.25, 0.3) is 5.91 Å². The third-order valence-electron chi connectivity index (χ3n) is 5.85. The van der Waals surface area contributed by atoms with Crippen LogP contribution in [0.15, 0.2) is 72.8 Å². The van der Waals surface area contributed by atoms with Gasteiger partial charge in [-0.25, -0.2) is 0 Å². The van der Waals surface area contributed by atoms with Crippen LogP contribution in [0.25, 0.3) is 0 Å². The first-order chi connectivity index (χ1) is 17.0. The van der Waals surface area contributed by atoms with Crippen LogP contribution in [0.4, 0.5) is 0 Å². The molecule has 5 nitrogen and oxygen atoms in total. The van der Waals surface area contributed by atoms with Gasteiger partial charge in [-0.3, -0.25) is 9.59 Å². The molecule has 3 aromatic rings. The third kappa shape index (κ3) is 8.13. The van der Waals surface area contributed by atoms with Crippen LogP contribution >= 0.6 is 11.6 Å². The Labute approximate surface area is 219 Å². The quantitative estimate of drug-likeness (QED) is 0.393. The molecule has 0 spiro atoms. The number of carbonyl (C=O) groups is 2. The molecule has 3 aromatic carbocycles. The number of halogens is 1. The molecule has 0 unspecified atom stereocenters. The minimum absolute atomic E-state index is 0.183. The number of aryl methyl sites for hydroxylation is 2. The Morgan fingerprint density at radius 3 is 2.25 bits per heavy atom. The van der Waals surface area contributed by atoms with Crippen molar-refractivity contribution in [1.82, 2.24) is 10.2 Å². The lowest BCUT2D eigenvalue weighted by molar-refractivity contribution is -0.143. The highest BCUT2D eigenvalue weighted by Gasteiger charge is 2.32. The molecule has 0 aliphatic rings. The van der Waals surface area contributed by atoms with E-state index < -0.39 is 11.6 Å². The summed E-state index contributed by atoms with van der Waals surface area (Å²) in [6.07, 6.45) is 0.374. The summed E-state index contributed by atoms with van der Waals surface area (Å²) in [4.78, 5) is 28.8. The maximum Gasteiger partial charge on any atom is 0.261 e. The Bertz CT molecular complexity index is 1190. The second-order valence-electron chi connectivity index (χ2n) is 10.1. The van der Waals surface area contributed by atoms with Crippen LogP contribution in [0.3, 0.4) is 0 Å². The predicted octanol–water partition coefficient (Wildman–Crippen LogP) is 5.89. The van der Waals surface area contributed by atoms with E-state index in [4.69, 9.17) is 16.3 Å². The molecule has 0 saturated carbocycles. The molecule has 2 amide bonds. The smallest absolute Gasteiger partial charge is 0.261 e. The summed E-state index contributed by atoms with van der Waals surface area (Å²) in [5.41, 5.74) is 3.58. The number of hydrogen-bond donors (Lipinski definition) is 1. The van der Waals surface area contributed by atoms with Gasteiger partial charge in [0.05, 0.1) is 0 Å². The Morgan fingerprint density at radius 2 is 1.61 bits per heavy atom. The first kappa shape index (κ1) is 27.3. The summed E-state index contributed by atoms with van der Waals surface area (Å²) in [6.45, 7) is 9.85. The van der Waals surface area contributed by atoms with Crippen molar-refractivity contribution in [1.29, 1.82) is 0 Å². The van der Waals surface area contributed by atoms with Crippen LogP contribution in [0.1, 0.15) is 43.0 Å². The van der Waals surface area contributed by atoms with Crippen LogP contribution in [-0.4, -0.2) is 34.9 Å². The van der Waals surface area contributed by atoms with E-state index in [0.717, 1.165) is 22.3 Å². The molecule has 0 fully saturated rings. The molecule has 1 atom stereocenters. The Balaban J connectivity index is 1.93. The number of hydrogen-bond acceptors (Lipinski definition) is 3. The van der Waals surface area contributed by atoms with Crippen LogP contribution in [-0.2, 0) is 22.6 Å². The number of benzene rings is 3. The van der Waals surface area contributed by atoms with E-state index >= 15 is 0 Å². The summed E-state index contributed by atoms with van der Waals surface area (Å²) in [5.74, 6) is 0.124. The second kappa shape index (κ2) is 12.1. The molecular formula is C30H35ClN2O3. The van der Waals surface area contributed by atoms with Gasteiger partial charge < -0.3 is 15.0 Å². The molecule has 1 N–H and O–H groups in total. The molecule has 0 aromatic heterocycles. The summed E-state index contributed by atoms with van der Waals surface area (Å²) >= 11 is 6.23. The summed E-state index contributed by atoms with van der Waals surface area (Å²) in [6, 6.07) is 22.1. The highest BCUT2D eigenvalue weighted by Crippen LogP contribution is 2.20. The SMILES string of the molecule is Cc1ccc(OCC(=O)N(Cc2cccc(Cl)c2)[C@H](Cc2ccccc2)C(=O)NC(C)(C)C)cc1C. The zero-order valence-electron chi connectivity index (χ0n) is 21.7. The standard InChI is InChI=1S/C30H35ClN2O3/c1-21-14-15-26(16-22(21)2)36-20-28(34)33(19-24-12-9-13-25(31)17-24)27(29(35)32-30(3,4)5)18-23-10-7-6-8-11-23/h6-17,27H,18-20H2,1-5H3,(H,32,35)/t27-/m1/s1. The molecule has 190 valence electrons. The van der Waals surface area contributed by atoms with Crippen molar-refractivity contribution in [3.05, 3.63) is 100 Å². The summed E-state index contributed by atoms with van der Waals surface area (Å²) in [5, 5.41) is 3.63. The van der Waals surface area contributed by atoms with Crippen molar-refractivity contribution in [2.24, 2.45) is 0 Å². The second-order valence-corrected chi connectivity index (χ2v) is 10.6. The molecule has 36 heavy (non-hydrogen) atoms. The normalized spacial score (nSPS) is 12.1. The lowest BCUT2D eigenvalue weighted by atomic mass is 10.0. The van der Waals surface area contributed by atoms with Crippen molar-refractivity contribution in [2.75, 3.05) is 6.61 Å². The molecule has 0 saturated heterocycles. The number of rotatable bonds is 9. The first-order valence-electron chi connectivity index (χ1n) is 12.1. The topological polar surface area (TPSA) is 58.6 Å². The average molecular weight is 507 g/mol. The third-order valence-corrected chi connectivity index (χ3v) is 6.09. The van der Waals surface area contributed by atoms with Gasteiger partial charge in [0.1, 0.15) is 11.8 Å². The average Bonchev–Trinajstić information content (AvgIpc) is 2.81. The van der Waals surface area contributed by atoms with E-state index in [1.165, 1.54) is 0 Å².